The van der Waals surface area contributed by atoms with Crippen LogP contribution >= 0.6 is 0 Å². The standard InChI is InChI=1S/C25H23FN6O/c26-20-6-3-17(4-7-20)14-21-8-5-18(15-31-21)25(33)32-13-1-2-19(16-32)22-23(28-10-9-27-22)24-29-11-12-30-24/h3-12,15,19H,1-2,13-14,16H2,(H,29,30)/t19-/m0/s1. The number of piperidine rings is 1. The summed E-state index contributed by atoms with van der Waals surface area (Å²) in [5.41, 5.74) is 3.95. The van der Waals surface area contributed by atoms with Crippen molar-refractivity contribution in [2.24, 2.45) is 0 Å². The van der Waals surface area contributed by atoms with Crippen LogP contribution in [-0.2, 0) is 6.42 Å². The number of rotatable bonds is 5. The number of aromatic nitrogens is 5. The summed E-state index contributed by atoms with van der Waals surface area (Å²) in [5, 5.41) is 0. The highest BCUT2D eigenvalue weighted by atomic mass is 19.1. The summed E-state index contributed by atoms with van der Waals surface area (Å²) in [6, 6.07) is 10.0. The van der Waals surface area contributed by atoms with Gasteiger partial charge >= 0.3 is 0 Å². The minimum absolute atomic E-state index is 0.0380. The second-order valence-corrected chi connectivity index (χ2v) is 8.16. The average Bonchev–Trinajstić information content (AvgIpc) is 3.41. The molecule has 1 aliphatic heterocycles. The summed E-state index contributed by atoms with van der Waals surface area (Å²) < 4.78 is 13.1. The van der Waals surface area contributed by atoms with Gasteiger partial charge in [0.15, 0.2) is 5.82 Å². The van der Waals surface area contributed by atoms with Crippen LogP contribution < -0.4 is 0 Å². The van der Waals surface area contributed by atoms with Crippen molar-refractivity contribution in [2.45, 2.75) is 25.2 Å². The smallest absolute Gasteiger partial charge is 0.255 e. The topological polar surface area (TPSA) is 87.7 Å². The van der Waals surface area contributed by atoms with Crippen LogP contribution in [0.2, 0.25) is 0 Å². The number of carbonyl (C=O) groups excluding carboxylic acids is 1. The van der Waals surface area contributed by atoms with Gasteiger partial charge in [-0.1, -0.05) is 12.1 Å². The lowest BCUT2D eigenvalue weighted by Crippen LogP contribution is -2.39. The van der Waals surface area contributed by atoms with Gasteiger partial charge in [0.1, 0.15) is 11.5 Å². The molecule has 1 N–H and O–H groups in total. The Balaban J connectivity index is 1.29. The number of pyridine rings is 1. The molecule has 166 valence electrons. The Kier molecular flexibility index (Phi) is 5.89. The molecular formula is C25H23FN6O. The zero-order valence-electron chi connectivity index (χ0n) is 18.0. The second-order valence-electron chi connectivity index (χ2n) is 8.16. The lowest BCUT2D eigenvalue weighted by Gasteiger charge is -2.33. The zero-order valence-corrected chi connectivity index (χ0v) is 18.0. The highest BCUT2D eigenvalue weighted by Crippen LogP contribution is 2.31. The van der Waals surface area contributed by atoms with Gasteiger partial charge in [0.2, 0.25) is 0 Å². The number of carbonyl (C=O) groups is 1. The van der Waals surface area contributed by atoms with Crippen LogP contribution in [0, 0.1) is 5.82 Å². The largest absolute Gasteiger partial charge is 0.343 e. The SMILES string of the molecule is O=C(c1ccc(Cc2ccc(F)cc2)nc1)N1CCC[C@H](c2nccnc2-c2ncc[nH]2)C1. The van der Waals surface area contributed by atoms with Gasteiger partial charge in [-0.25, -0.2) is 14.4 Å². The number of hydrogen-bond acceptors (Lipinski definition) is 5. The summed E-state index contributed by atoms with van der Waals surface area (Å²) in [5.74, 6) is 0.471. The molecule has 7 nitrogen and oxygen atoms in total. The van der Waals surface area contributed by atoms with E-state index in [1.807, 2.05) is 17.0 Å². The van der Waals surface area contributed by atoms with Crippen molar-refractivity contribution < 1.29 is 9.18 Å². The van der Waals surface area contributed by atoms with E-state index < -0.39 is 0 Å². The van der Waals surface area contributed by atoms with Crippen LogP contribution in [0.1, 0.15) is 46.1 Å². The number of aromatic amines is 1. The Bertz CT molecular complexity index is 1220. The van der Waals surface area contributed by atoms with Gasteiger partial charge < -0.3 is 9.88 Å². The normalized spacial score (nSPS) is 16.0. The van der Waals surface area contributed by atoms with E-state index in [1.54, 1.807) is 43.1 Å². The van der Waals surface area contributed by atoms with Gasteiger partial charge in [-0.15, -0.1) is 0 Å². The molecule has 0 bridgehead atoms. The first kappa shape index (κ1) is 20.9. The lowest BCUT2D eigenvalue weighted by molar-refractivity contribution is 0.0705. The maximum atomic E-state index is 13.2. The van der Waals surface area contributed by atoms with Crippen LogP contribution in [0.15, 0.2) is 67.4 Å². The summed E-state index contributed by atoms with van der Waals surface area (Å²) in [7, 11) is 0. The third kappa shape index (κ3) is 4.64. The number of benzene rings is 1. The Morgan fingerprint density at radius 2 is 1.88 bits per heavy atom. The van der Waals surface area contributed by atoms with Crippen molar-refractivity contribution in [3.8, 4) is 11.5 Å². The minimum atomic E-state index is -0.259. The minimum Gasteiger partial charge on any atom is -0.343 e. The molecule has 1 aromatic carbocycles. The Hall–Kier alpha value is -3.94. The molecule has 0 aliphatic carbocycles. The third-order valence-corrected chi connectivity index (χ3v) is 5.91. The summed E-state index contributed by atoms with van der Waals surface area (Å²) in [6.07, 6.45) is 10.8. The van der Waals surface area contributed by atoms with Crippen LogP contribution in [-0.4, -0.2) is 48.8 Å². The van der Waals surface area contributed by atoms with Crippen molar-refractivity contribution in [1.29, 1.82) is 0 Å². The van der Waals surface area contributed by atoms with Crippen molar-refractivity contribution in [3.63, 3.8) is 0 Å². The Labute approximate surface area is 190 Å². The maximum Gasteiger partial charge on any atom is 0.255 e. The molecule has 1 atom stereocenters. The predicted octanol–water partition coefficient (Wildman–Crippen LogP) is 4.01. The number of halogens is 1. The van der Waals surface area contributed by atoms with Crippen LogP contribution in [0.4, 0.5) is 4.39 Å². The fourth-order valence-corrected chi connectivity index (χ4v) is 4.26. The number of nitrogens with one attached hydrogen (secondary N) is 1. The highest BCUT2D eigenvalue weighted by molar-refractivity contribution is 5.94. The summed E-state index contributed by atoms with van der Waals surface area (Å²) >= 11 is 0. The van der Waals surface area contributed by atoms with Crippen LogP contribution in [0.25, 0.3) is 11.5 Å². The molecule has 3 aromatic heterocycles. The van der Waals surface area contributed by atoms with E-state index in [0.717, 1.165) is 35.5 Å². The molecule has 33 heavy (non-hydrogen) atoms. The fraction of sp³-hybridized carbons (Fsp3) is 0.240. The van der Waals surface area contributed by atoms with Crippen molar-refractivity contribution in [3.05, 3.63) is 95.7 Å². The molecule has 1 amide bonds. The van der Waals surface area contributed by atoms with E-state index in [4.69, 9.17) is 0 Å². The Morgan fingerprint density at radius 3 is 2.64 bits per heavy atom. The van der Waals surface area contributed by atoms with E-state index in [2.05, 4.69) is 24.9 Å². The van der Waals surface area contributed by atoms with Crippen molar-refractivity contribution in [1.82, 2.24) is 29.8 Å². The van der Waals surface area contributed by atoms with E-state index in [0.29, 0.717) is 30.9 Å². The van der Waals surface area contributed by atoms with Crippen LogP contribution in [0.3, 0.4) is 0 Å². The Morgan fingerprint density at radius 1 is 1.03 bits per heavy atom. The number of nitrogens with zero attached hydrogens (tertiary/aromatic N) is 5. The van der Waals surface area contributed by atoms with Gasteiger partial charge in [0, 0.05) is 62.1 Å². The monoisotopic (exact) mass is 442 g/mol. The molecule has 8 heteroatoms. The highest BCUT2D eigenvalue weighted by Gasteiger charge is 2.29. The maximum absolute atomic E-state index is 13.2. The zero-order chi connectivity index (χ0) is 22.6. The number of amides is 1. The van der Waals surface area contributed by atoms with Crippen LogP contribution in [0.5, 0.6) is 0 Å². The van der Waals surface area contributed by atoms with E-state index >= 15 is 0 Å². The molecule has 0 spiro atoms. The molecule has 5 rings (SSSR count). The average molecular weight is 442 g/mol. The molecule has 0 saturated carbocycles. The van der Waals surface area contributed by atoms with Gasteiger partial charge in [-0.05, 0) is 42.7 Å². The number of hydrogen-bond donors (Lipinski definition) is 1. The van der Waals surface area contributed by atoms with Gasteiger partial charge in [0.05, 0.1) is 11.3 Å². The quantitative estimate of drug-likeness (QED) is 0.505. The first-order valence-corrected chi connectivity index (χ1v) is 11.0. The van der Waals surface area contributed by atoms with Crippen molar-refractivity contribution >= 4 is 5.91 Å². The van der Waals surface area contributed by atoms with Gasteiger partial charge in [0.25, 0.3) is 5.91 Å². The molecule has 1 aliphatic rings. The third-order valence-electron chi connectivity index (χ3n) is 5.91. The van der Waals surface area contributed by atoms with E-state index in [-0.39, 0.29) is 17.6 Å². The first-order chi connectivity index (χ1) is 16.2. The lowest BCUT2D eigenvalue weighted by atomic mass is 9.92. The molecule has 0 unspecified atom stereocenters. The summed E-state index contributed by atoms with van der Waals surface area (Å²) in [6.45, 7) is 1.27. The molecule has 0 radical (unpaired) electrons. The predicted molar refractivity (Wildman–Crippen MR) is 121 cm³/mol. The molecule has 1 fully saturated rings. The summed E-state index contributed by atoms with van der Waals surface area (Å²) in [4.78, 5) is 36.0. The number of likely N-dealkylation sites (tertiary alicyclic amines) is 1. The van der Waals surface area contributed by atoms with Gasteiger partial charge in [-0.2, -0.15) is 0 Å². The number of imidazole rings is 1. The fourth-order valence-electron chi connectivity index (χ4n) is 4.26. The molecule has 4 heterocycles. The van der Waals surface area contributed by atoms with E-state index in [1.165, 1.54) is 12.1 Å². The second kappa shape index (κ2) is 9.28. The van der Waals surface area contributed by atoms with Gasteiger partial charge in [-0.3, -0.25) is 14.8 Å². The van der Waals surface area contributed by atoms with E-state index in [9.17, 15) is 9.18 Å². The molecule has 4 aromatic rings. The first-order valence-electron chi connectivity index (χ1n) is 11.0. The number of H-pyrrole nitrogens is 1. The molecule has 1 saturated heterocycles. The van der Waals surface area contributed by atoms with Crippen molar-refractivity contribution in [2.75, 3.05) is 13.1 Å². The molecular weight excluding hydrogens is 419 g/mol.